The molecule has 0 bridgehead atoms. The van der Waals surface area contributed by atoms with Crippen LogP contribution in [-0.4, -0.2) is 67.6 Å². The van der Waals surface area contributed by atoms with Crippen LogP contribution in [0.4, 0.5) is 4.39 Å². The summed E-state index contributed by atoms with van der Waals surface area (Å²) in [5, 5.41) is 29.7. The number of aromatic nitrogens is 1. The number of para-hydroxylation sites is 1. The number of hydrogen-bond acceptors (Lipinski definition) is 3. The first-order valence-electron chi connectivity index (χ1n) is 9.54. The predicted octanol–water partition coefficient (Wildman–Crippen LogP) is 3.69. The molecule has 30 heavy (non-hydrogen) atoms. The fourth-order valence-corrected chi connectivity index (χ4v) is 3.60. The SMILES string of the molecule is CCn1c(/C=C/[C@H](O)C[C@H](O)CC(=O)O)c(-c2ccc(F)cc2)c2ccccc21.[Na]. The van der Waals surface area contributed by atoms with Gasteiger partial charge in [-0.3, -0.25) is 4.79 Å². The van der Waals surface area contributed by atoms with E-state index >= 15 is 0 Å². The van der Waals surface area contributed by atoms with E-state index in [2.05, 4.69) is 4.57 Å². The Morgan fingerprint density at radius 1 is 1.13 bits per heavy atom. The first-order chi connectivity index (χ1) is 13.9. The molecule has 0 saturated heterocycles. The van der Waals surface area contributed by atoms with Crippen LogP contribution in [0, 0.1) is 5.82 Å². The molecular formula is C23H24FNNaO4. The van der Waals surface area contributed by atoms with Crippen LogP contribution >= 0.6 is 0 Å². The number of aliphatic carboxylic acids is 1. The number of aliphatic hydroxyl groups is 2. The van der Waals surface area contributed by atoms with Gasteiger partial charge in [0.15, 0.2) is 0 Å². The van der Waals surface area contributed by atoms with Crippen LogP contribution in [0.1, 0.15) is 25.5 Å². The van der Waals surface area contributed by atoms with E-state index < -0.39 is 24.6 Å². The van der Waals surface area contributed by atoms with Gasteiger partial charge in [0, 0.05) is 64.7 Å². The van der Waals surface area contributed by atoms with Crippen molar-refractivity contribution < 1.29 is 24.5 Å². The Morgan fingerprint density at radius 3 is 2.43 bits per heavy atom. The van der Waals surface area contributed by atoms with Gasteiger partial charge in [-0.25, -0.2) is 4.39 Å². The van der Waals surface area contributed by atoms with E-state index in [0.29, 0.717) is 6.54 Å². The van der Waals surface area contributed by atoms with Crippen molar-refractivity contribution in [1.82, 2.24) is 4.57 Å². The number of aryl methyl sites for hydroxylation is 1. The number of hydrogen-bond donors (Lipinski definition) is 3. The zero-order valence-corrected chi connectivity index (χ0v) is 19.1. The molecule has 0 saturated carbocycles. The Hall–Kier alpha value is -1.96. The Balaban J connectivity index is 0.00000320. The third-order valence-electron chi connectivity index (χ3n) is 4.86. The van der Waals surface area contributed by atoms with E-state index in [4.69, 9.17) is 5.11 Å². The molecule has 0 fully saturated rings. The number of carbonyl (C=O) groups is 1. The molecule has 0 aliphatic heterocycles. The van der Waals surface area contributed by atoms with Crippen LogP contribution in [-0.2, 0) is 11.3 Å². The van der Waals surface area contributed by atoms with E-state index in [1.165, 1.54) is 12.1 Å². The molecule has 3 rings (SSSR count). The number of halogens is 1. The molecular weight excluding hydrogens is 396 g/mol. The van der Waals surface area contributed by atoms with Crippen molar-refractivity contribution in [3.05, 3.63) is 66.1 Å². The summed E-state index contributed by atoms with van der Waals surface area (Å²) < 4.78 is 15.5. The molecule has 7 heteroatoms. The van der Waals surface area contributed by atoms with E-state index in [1.807, 2.05) is 31.2 Å². The van der Waals surface area contributed by atoms with E-state index in [0.717, 1.165) is 27.7 Å². The molecule has 2 atom stereocenters. The van der Waals surface area contributed by atoms with E-state index in [9.17, 15) is 19.4 Å². The van der Waals surface area contributed by atoms with Gasteiger partial charge in [0.25, 0.3) is 0 Å². The van der Waals surface area contributed by atoms with Gasteiger partial charge < -0.3 is 19.9 Å². The molecule has 153 valence electrons. The molecule has 2 aromatic carbocycles. The maximum atomic E-state index is 13.4. The Bertz CT molecular complexity index is 1030. The van der Waals surface area contributed by atoms with Gasteiger partial charge in [-0.2, -0.15) is 0 Å². The standard InChI is InChI=1S/C23H24FNO4.Na/c1-2-25-20-6-4-3-5-19(20)23(15-7-9-16(24)10-8-15)21(25)12-11-17(26)13-18(27)14-22(28)29;/h3-12,17-18,26-27H,2,13-14H2,1H3,(H,28,29);/b12-11+;/t17-,18-;/m0./s1. The molecule has 3 N–H and O–H groups in total. The van der Waals surface area contributed by atoms with Gasteiger partial charge in [-0.05, 0) is 36.8 Å². The third-order valence-corrected chi connectivity index (χ3v) is 4.86. The first-order valence-corrected chi connectivity index (χ1v) is 9.54. The van der Waals surface area contributed by atoms with Crippen molar-refractivity contribution in [2.75, 3.05) is 0 Å². The number of aliphatic hydroxyl groups excluding tert-OH is 2. The van der Waals surface area contributed by atoms with Crippen LogP contribution in [0.2, 0.25) is 0 Å². The summed E-state index contributed by atoms with van der Waals surface area (Å²) in [4.78, 5) is 10.7. The van der Waals surface area contributed by atoms with Gasteiger partial charge in [0.2, 0.25) is 0 Å². The molecule has 0 unspecified atom stereocenters. The number of fused-ring (bicyclic) bond motifs is 1. The maximum absolute atomic E-state index is 13.4. The minimum Gasteiger partial charge on any atom is -0.481 e. The molecule has 5 nitrogen and oxygen atoms in total. The topological polar surface area (TPSA) is 82.7 Å². The van der Waals surface area contributed by atoms with Gasteiger partial charge in [0.1, 0.15) is 5.82 Å². The third kappa shape index (κ3) is 5.59. The second-order valence-electron chi connectivity index (χ2n) is 6.94. The summed E-state index contributed by atoms with van der Waals surface area (Å²) in [5.41, 5.74) is 3.66. The number of carboxylic acids is 1. The van der Waals surface area contributed by atoms with Crippen LogP contribution in [0.5, 0.6) is 0 Å². The van der Waals surface area contributed by atoms with Crippen molar-refractivity contribution in [2.24, 2.45) is 0 Å². The van der Waals surface area contributed by atoms with Crippen LogP contribution in [0.3, 0.4) is 0 Å². The fourth-order valence-electron chi connectivity index (χ4n) is 3.60. The fraction of sp³-hybridized carbons (Fsp3) is 0.261. The normalized spacial score (nSPS) is 13.3. The number of benzene rings is 2. The Labute approximate surface area is 196 Å². The first kappa shape index (κ1) is 24.3. The van der Waals surface area contributed by atoms with Crippen molar-refractivity contribution in [3.63, 3.8) is 0 Å². The Kier molecular flexibility index (Phi) is 8.82. The summed E-state index contributed by atoms with van der Waals surface area (Å²) in [6.07, 6.45) is 0.732. The van der Waals surface area contributed by atoms with Crippen molar-refractivity contribution in [1.29, 1.82) is 0 Å². The molecule has 1 heterocycles. The van der Waals surface area contributed by atoms with E-state index in [-0.39, 0.29) is 41.8 Å². The summed E-state index contributed by atoms with van der Waals surface area (Å²) in [6, 6.07) is 14.2. The van der Waals surface area contributed by atoms with Gasteiger partial charge in [-0.1, -0.05) is 36.4 Å². The Morgan fingerprint density at radius 2 is 1.80 bits per heavy atom. The predicted molar refractivity (Wildman–Crippen MR) is 117 cm³/mol. The molecule has 0 spiro atoms. The molecule has 1 radical (unpaired) electrons. The molecule has 1 aromatic heterocycles. The minimum absolute atomic E-state index is 0. The quantitative estimate of drug-likeness (QED) is 0.486. The second kappa shape index (κ2) is 10.9. The number of rotatable bonds is 8. The second-order valence-corrected chi connectivity index (χ2v) is 6.94. The summed E-state index contributed by atoms with van der Waals surface area (Å²) in [5.74, 6) is -1.42. The average molecular weight is 420 g/mol. The monoisotopic (exact) mass is 420 g/mol. The molecule has 0 aliphatic rings. The van der Waals surface area contributed by atoms with Gasteiger partial charge in [0.05, 0.1) is 18.6 Å². The molecule has 0 aliphatic carbocycles. The largest absolute Gasteiger partial charge is 0.481 e. The smallest absolute Gasteiger partial charge is 0.305 e. The summed E-state index contributed by atoms with van der Waals surface area (Å²) in [6.45, 7) is 2.71. The van der Waals surface area contributed by atoms with Crippen LogP contribution in [0.25, 0.3) is 28.1 Å². The minimum atomic E-state index is -1.12. The van der Waals surface area contributed by atoms with E-state index in [1.54, 1.807) is 24.3 Å². The maximum Gasteiger partial charge on any atom is 0.305 e. The summed E-state index contributed by atoms with van der Waals surface area (Å²) in [7, 11) is 0. The van der Waals surface area contributed by atoms with Gasteiger partial charge >= 0.3 is 5.97 Å². The number of carboxylic acid groups (broad SMARTS) is 1. The summed E-state index contributed by atoms with van der Waals surface area (Å²) >= 11 is 0. The van der Waals surface area contributed by atoms with Crippen molar-refractivity contribution in [2.45, 2.75) is 38.5 Å². The van der Waals surface area contributed by atoms with Gasteiger partial charge in [-0.15, -0.1) is 0 Å². The van der Waals surface area contributed by atoms with Crippen LogP contribution < -0.4 is 0 Å². The van der Waals surface area contributed by atoms with Crippen molar-refractivity contribution in [3.8, 4) is 11.1 Å². The zero-order valence-electron chi connectivity index (χ0n) is 17.1. The molecule has 0 amide bonds. The average Bonchev–Trinajstić information content (AvgIpc) is 2.99. The molecule has 3 aromatic rings. The van der Waals surface area contributed by atoms with Crippen molar-refractivity contribution >= 4 is 52.5 Å². The van der Waals surface area contributed by atoms with Crippen LogP contribution in [0.15, 0.2) is 54.6 Å². The zero-order chi connectivity index (χ0) is 21.0. The number of nitrogens with zero attached hydrogens (tertiary/aromatic N) is 1.